The molecule has 24 heavy (non-hydrogen) atoms. The predicted molar refractivity (Wildman–Crippen MR) is 95.3 cm³/mol. The third kappa shape index (κ3) is 4.89. The minimum Gasteiger partial charge on any atom is -0.340 e. The van der Waals surface area contributed by atoms with Gasteiger partial charge in [-0.2, -0.15) is 0 Å². The normalized spacial score (nSPS) is 11.9. The molecule has 0 spiro atoms. The van der Waals surface area contributed by atoms with E-state index in [9.17, 15) is 14.0 Å². The van der Waals surface area contributed by atoms with Gasteiger partial charge in [-0.05, 0) is 48.4 Å². The Morgan fingerprint density at radius 2 is 1.75 bits per heavy atom. The Kier molecular flexibility index (Phi) is 6.09. The van der Waals surface area contributed by atoms with Crippen molar-refractivity contribution >= 4 is 33.4 Å². The molecule has 0 aliphatic carbocycles. The first-order valence-corrected chi connectivity index (χ1v) is 8.29. The number of benzene rings is 2. The van der Waals surface area contributed by atoms with Gasteiger partial charge in [-0.15, -0.1) is 0 Å². The maximum atomic E-state index is 12.9. The molecule has 2 rings (SSSR count). The number of rotatable bonds is 5. The van der Waals surface area contributed by atoms with Gasteiger partial charge >= 0.3 is 0 Å². The first-order chi connectivity index (χ1) is 11.4. The molecule has 1 atom stereocenters. The lowest BCUT2D eigenvalue weighted by Gasteiger charge is -2.22. The van der Waals surface area contributed by atoms with Crippen LogP contribution in [0, 0.1) is 11.7 Å². The van der Waals surface area contributed by atoms with Gasteiger partial charge in [0, 0.05) is 15.7 Å². The van der Waals surface area contributed by atoms with E-state index in [1.165, 1.54) is 24.3 Å². The van der Waals surface area contributed by atoms with E-state index in [0.717, 1.165) is 4.47 Å². The molecule has 2 aromatic rings. The monoisotopic (exact) mass is 392 g/mol. The van der Waals surface area contributed by atoms with Crippen LogP contribution >= 0.6 is 15.9 Å². The zero-order valence-electron chi connectivity index (χ0n) is 13.3. The minimum absolute atomic E-state index is 0.110. The second-order valence-corrected chi connectivity index (χ2v) is 6.62. The standard InChI is InChI=1S/C18H18BrFN2O2/c1-11(2)16(18(24)21-15-5-3-4-13(19)10-15)22-17(23)12-6-8-14(20)9-7-12/h3-11,16H,1-2H3,(H,21,24)(H,22,23)/t16-/m0/s1. The average molecular weight is 393 g/mol. The highest BCUT2D eigenvalue weighted by Gasteiger charge is 2.24. The number of carbonyl (C=O) groups excluding carboxylic acids is 2. The summed E-state index contributed by atoms with van der Waals surface area (Å²) in [5.74, 6) is -1.25. The van der Waals surface area contributed by atoms with Crippen LogP contribution < -0.4 is 10.6 Å². The Bertz CT molecular complexity index is 732. The average Bonchev–Trinajstić information content (AvgIpc) is 2.52. The maximum absolute atomic E-state index is 12.9. The predicted octanol–water partition coefficient (Wildman–Crippen LogP) is 3.98. The lowest BCUT2D eigenvalue weighted by Crippen LogP contribution is -2.47. The van der Waals surface area contributed by atoms with E-state index in [2.05, 4.69) is 26.6 Å². The van der Waals surface area contributed by atoms with Gasteiger partial charge in [0.15, 0.2) is 0 Å². The van der Waals surface area contributed by atoms with Crippen LogP contribution in [0.25, 0.3) is 0 Å². The van der Waals surface area contributed by atoms with Gasteiger partial charge in [-0.3, -0.25) is 9.59 Å². The number of carbonyl (C=O) groups is 2. The first-order valence-electron chi connectivity index (χ1n) is 7.49. The molecule has 0 aromatic heterocycles. The number of nitrogens with one attached hydrogen (secondary N) is 2. The van der Waals surface area contributed by atoms with Crippen LogP contribution in [0.3, 0.4) is 0 Å². The molecule has 0 aliphatic rings. The van der Waals surface area contributed by atoms with E-state index in [0.29, 0.717) is 11.3 Å². The second-order valence-electron chi connectivity index (χ2n) is 5.70. The summed E-state index contributed by atoms with van der Waals surface area (Å²) in [6.45, 7) is 3.69. The Morgan fingerprint density at radius 1 is 1.08 bits per heavy atom. The Hall–Kier alpha value is -2.21. The summed E-state index contributed by atoms with van der Waals surface area (Å²) in [5, 5.41) is 5.49. The smallest absolute Gasteiger partial charge is 0.251 e. The van der Waals surface area contributed by atoms with Crippen molar-refractivity contribution in [2.24, 2.45) is 5.92 Å². The molecule has 2 N–H and O–H groups in total. The van der Waals surface area contributed by atoms with Crippen LogP contribution in [0.2, 0.25) is 0 Å². The minimum atomic E-state index is -0.707. The molecule has 0 unspecified atom stereocenters. The number of hydrogen-bond donors (Lipinski definition) is 2. The Balaban J connectivity index is 2.09. The van der Waals surface area contributed by atoms with E-state index in [-0.39, 0.29) is 11.8 Å². The SMILES string of the molecule is CC(C)[C@H](NC(=O)c1ccc(F)cc1)C(=O)Nc1cccc(Br)c1. The van der Waals surface area contributed by atoms with Crippen molar-refractivity contribution < 1.29 is 14.0 Å². The van der Waals surface area contributed by atoms with Crippen molar-refractivity contribution in [3.05, 3.63) is 64.4 Å². The molecule has 0 radical (unpaired) electrons. The molecule has 0 heterocycles. The molecule has 2 aromatic carbocycles. The molecule has 4 nitrogen and oxygen atoms in total. The zero-order valence-corrected chi connectivity index (χ0v) is 14.9. The quantitative estimate of drug-likeness (QED) is 0.808. The highest BCUT2D eigenvalue weighted by molar-refractivity contribution is 9.10. The molecule has 0 aliphatic heterocycles. The van der Waals surface area contributed by atoms with Crippen LogP contribution in [0.4, 0.5) is 10.1 Å². The van der Waals surface area contributed by atoms with Gasteiger partial charge in [0.05, 0.1) is 0 Å². The summed E-state index contributed by atoms with van der Waals surface area (Å²) >= 11 is 3.34. The van der Waals surface area contributed by atoms with Gasteiger partial charge in [0.25, 0.3) is 5.91 Å². The lowest BCUT2D eigenvalue weighted by atomic mass is 10.0. The van der Waals surface area contributed by atoms with E-state index in [4.69, 9.17) is 0 Å². The van der Waals surface area contributed by atoms with E-state index >= 15 is 0 Å². The summed E-state index contributed by atoms with van der Waals surface area (Å²) in [7, 11) is 0. The number of amides is 2. The van der Waals surface area contributed by atoms with Crippen LogP contribution in [0.15, 0.2) is 53.0 Å². The fourth-order valence-electron chi connectivity index (χ4n) is 2.15. The molecule has 0 saturated carbocycles. The van der Waals surface area contributed by atoms with Gasteiger partial charge < -0.3 is 10.6 Å². The van der Waals surface area contributed by atoms with Crippen molar-refractivity contribution in [1.29, 1.82) is 0 Å². The molecule has 6 heteroatoms. The Labute approximate surface area is 148 Å². The summed E-state index contributed by atoms with van der Waals surface area (Å²) < 4.78 is 13.8. The zero-order chi connectivity index (χ0) is 17.7. The lowest BCUT2D eigenvalue weighted by molar-refractivity contribution is -0.118. The van der Waals surface area contributed by atoms with Crippen LogP contribution in [0.1, 0.15) is 24.2 Å². The highest BCUT2D eigenvalue weighted by Crippen LogP contribution is 2.16. The van der Waals surface area contributed by atoms with Crippen molar-refractivity contribution in [3.63, 3.8) is 0 Å². The van der Waals surface area contributed by atoms with E-state index in [1.54, 1.807) is 18.2 Å². The summed E-state index contributed by atoms with van der Waals surface area (Å²) in [4.78, 5) is 24.7. The largest absolute Gasteiger partial charge is 0.340 e. The van der Waals surface area contributed by atoms with Crippen LogP contribution in [-0.4, -0.2) is 17.9 Å². The molecular formula is C18H18BrFN2O2. The van der Waals surface area contributed by atoms with Gasteiger partial charge in [-0.1, -0.05) is 35.8 Å². The van der Waals surface area contributed by atoms with Crippen molar-refractivity contribution in [3.8, 4) is 0 Å². The van der Waals surface area contributed by atoms with E-state index in [1.807, 2.05) is 19.9 Å². The summed E-state index contributed by atoms with van der Waals surface area (Å²) in [6.07, 6.45) is 0. The molecular weight excluding hydrogens is 375 g/mol. The summed E-state index contributed by atoms with van der Waals surface area (Å²) in [5.41, 5.74) is 0.938. The fourth-order valence-corrected chi connectivity index (χ4v) is 2.55. The van der Waals surface area contributed by atoms with Crippen LogP contribution in [0.5, 0.6) is 0 Å². The molecule has 0 saturated heterocycles. The maximum Gasteiger partial charge on any atom is 0.251 e. The molecule has 2 amide bonds. The third-order valence-corrected chi connectivity index (χ3v) is 3.93. The van der Waals surface area contributed by atoms with E-state index < -0.39 is 17.8 Å². The first kappa shape index (κ1) is 18.1. The van der Waals surface area contributed by atoms with Gasteiger partial charge in [0.1, 0.15) is 11.9 Å². The second kappa shape index (κ2) is 8.06. The van der Waals surface area contributed by atoms with Gasteiger partial charge in [0.2, 0.25) is 5.91 Å². The number of anilines is 1. The van der Waals surface area contributed by atoms with Crippen LogP contribution in [-0.2, 0) is 4.79 Å². The molecule has 0 fully saturated rings. The highest BCUT2D eigenvalue weighted by atomic mass is 79.9. The summed E-state index contributed by atoms with van der Waals surface area (Å²) in [6, 6.07) is 11.7. The van der Waals surface area contributed by atoms with Crippen molar-refractivity contribution in [2.45, 2.75) is 19.9 Å². The Morgan fingerprint density at radius 3 is 2.33 bits per heavy atom. The number of halogens is 2. The van der Waals surface area contributed by atoms with Gasteiger partial charge in [-0.25, -0.2) is 4.39 Å². The number of hydrogen-bond acceptors (Lipinski definition) is 2. The topological polar surface area (TPSA) is 58.2 Å². The molecule has 126 valence electrons. The third-order valence-electron chi connectivity index (χ3n) is 3.43. The molecule has 0 bridgehead atoms. The van der Waals surface area contributed by atoms with Crippen molar-refractivity contribution in [2.75, 3.05) is 5.32 Å². The van der Waals surface area contributed by atoms with Crippen molar-refractivity contribution in [1.82, 2.24) is 5.32 Å². The fraction of sp³-hybridized carbons (Fsp3) is 0.222.